The lowest BCUT2D eigenvalue weighted by molar-refractivity contribution is 0.0683. The number of aryl methyl sites for hydroxylation is 1. The fraction of sp³-hybridized carbons (Fsp3) is 0.353. The van der Waals surface area contributed by atoms with Crippen LogP contribution >= 0.6 is 22.9 Å². The Balaban J connectivity index is 1.90. The van der Waals surface area contributed by atoms with Gasteiger partial charge in [0.05, 0.1) is 18.1 Å². The largest absolute Gasteiger partial charge is 0.329 e. The molecule has 7 heteroatoms. The van der Waals surface area contributed by atoms with Gasteiger partial charge in [-0.3, -0.25) is 4.79 Å². The van der Waals surface area contributed by atoms with Crippen molar-refractivity contribution in [3.8, 4) is 0 Å². The normalized spacial score (nSPS) is 19.3. The fourth-order valence-corrected chi connectivity index (χ4v) is 5.63. The second-order valence-electron chi connectivity index (χ2n) is 6.02. The van der Waals surface area contributed by atoms with Crippen molar-refractivity contribution in [2.45, 2.75) is 25.9 Å². The van der Waals surface area contributed by atoms with E-state index in [1.165, 1.54) is 0 Å². The number of hydrogen-bond donors (Lipinski definition) is 0. The summed E-state index contributed by atoms with van der Waals surface area (Å²) in [4.78, 5) is 15.8. The third-order valence-electron chi connectivity index (χ3n) is 4.28. The lowest BCUT2D eigenvalue weighted by Crippen LogP contribution is -2.40. The molecule has 1 aliphatic heterocycles. The van der Waals surface area contributed by atoms with Crippen LogP contribution in [0.15, 0.2) is 35.7 Å². The summed E-state index contributed by atoms with van der Waals surface area (Å²) in [6.45, 7) is 2.44. The Hall–Kier alpha value is -1.37. The number of carbonyl (C=O) groups excluding carboxylic acids is 1. The van der Waals surface area contributed by atoms with Crippen molar-refractivity contribution in [3.63, 3.8) is 0 Å². The van der Waals surface area contributed by atoms with E-state index >= 15 is 0 Å². The minimum absolute atomic E-state index is 0.0384. The maximum absolute atomic E-state index is 13.0. The zero-order valence-electron chi connectivity index (χ0n) is 13.2. The number of halogens is 1. The molecule has 0 N–H and O–H groups in total. The van der Waals surface area contributed by atoms with Gasteiger partial charge in [0.2, 0.25) is 0 Å². The van der Waals surface area contributed by atoms with Gasteiger partial charge in [0.25, 0.3) is 5.91 Å². The van der Waals surface area contributed by atoms with Gasteiger partial charge in [0, 0.05) is 21.5 Å². The van der Waals surface area contributed by atoms with Gasteiger partial charge in [0.1, 0.15) is 0 Å². The lowest BCUT2D eigenvalue weighted by atomic mass is 10.1. The zero-order chi connectivity index (χ0) is 17.3. The number of nitrogens with zero attached hydrogens (tertiary/aromatic N) is 1. The first-order chi connectivity index (χ1) is 11.4. The number of thiophene rings is 1. The maximum Gasteiger partial charge on any atom is 0.254 e. The molecule has 1 fully saturated rings. The molecule has 0 radical (unpaired) electrons. The maximum atomic E-state index is 13.0. The highest BCUT2D eigenvalue weighted by Gasteiger charge is 2.35. The highest BCUT2D eigenvalue weighted by molar-refractivity contribution is 7.91. The molecule has 3 rings (SSSR count). The summed E-state index contributed by atoms with van der Waals surface area (Å²) >= 11 is 7.48. The Morgan fingerprint density at radius 2 is 2.00 bits per heavy atom. The summed E-state index contributed by atoms with van der Waals surface area (Å²) in [5.74, 6) is 0.0315. The van der Waals surface area contributed by atoms with Gasteiger partial charge in [-0.15, -0.1) is 11.3 Å². The summed E-state index contributed by atoms with van der Waals surface area (Å²) in [5, 5.41) is 2.55. The minimum Gasteiger partial charge on any atom is -0.329 e. The van der Waals surface area contributed by atoms with Crippen LogP contribution in [0, 0.1) is 6.92 Å². The van der Waals surface area contributed by atoms with E-state index in [0.29, 0.717) is 23.6 Å². The van der Waals surface area contributed by atoms with Crippen LogP contribution in [-0.4, -0.2) is 36.8 Å². The van der Waals surface area contributed by atoms with Crippen LogP contribution in [0.5, 0.6) is 0 Å². The molecule has 1 amide bonds. The molecule has 1 aliphatic rings. The minimum atomic E-state index is -3.06. The van der Waals surface area contributed by atoms with Gasteiger partial charge in [-0.25, -0.2) is 8.42 Å². The van der Waals surface area contributed by atoms with Gasteiger partial charge in [-0.05, 0) is 54.6 Å². The van der Waals surface area contributed by atoms with E-state index in [1.54, 1.807) is 40.5 Å². The number of carbonyl (C=O) groups is 1. The third-order valence-corrected chi connectivity index (χ3v) is 7.29. The summed E-state index contributed by atoms with van der Waals surface area (Å²) < 4.78 is 23.7. The number of rotatable bonds is 4. The average Bonchev–Trinajstić information content (AvgIpc) is 3.10. The predicted octanol–water partition coefficient (Wildman–Crippen LogP) is 3.54. The Morgan fingerprint density at radius 1 is 1.29 bits per heavy atom. The van der Waals surface area contributed by atoms with E-state index in [9.17, 15) is 13.2 Å². The lowest BCUT2D eigenvalue weighted by Gasteiger charge is -2.28. The Labute approximate surface area is 151 Å². The Morgan fingerprint density at radius 3 is 2.54 bits per heavy atom. The molecule has 0 unspecified atom stereocenters. The number of benzene rings is 1. The molecule has 4 nitrogen and oxygen atoms in total. The SMILES string of the molecule is Cc1ccsc1CN(C(=O)c1ccc(Cl)cc1)[C@@H]1CCS(=O)(=O)C1. The van der Waals surface area contributed by atoms with Crippen LogP contribution in [0.3, 0.4) is 0 Å². The van der Waals surface area contributed by atoms with Crippen molar-refractivity contribution in [2.24, 2.45) is 0 Å². The van der Waals surface area contributed by atoms with Gasteiger partial charge in [-0.2, -0.15) is 0 Å². The van der Waals surface area contributed by atoms with Gasteiger partial charge < -0.3 is 4.90 Å². The number of hydrogen-bond acceptors (Lipinski definition) is 4. The molecule has 0 bridgehead atoms. The first-order valence-electron chi connectivity index (χ1n) is 7.66. The molecule has 1 aromatic heterocycles. The first-order valence-corrected chi connectivity index (χ1v) is 10.7. The summed E-state index contributed by atoms with van der Waals surface area (Å²) in [6.07, 6.45) is 0.492. The van der Waals surface area contributed by atoms with Crippen molar-refractivity contribution in [1.29, 1.82) is 0 Å². The molecule has 2 heterocycles. The summed E-state index contributed by atoms with van der Waals surface area (Å²) in [6, 6.07) is 8.45. The summed E-state index contributed by atoms with van der Waals surface area (Å²) in [5.41, 5.74) is 1.65. The fourth-order valence-electron chi connectivity index (χ4n) is 2.87. The van der Waals surface area contributed by atoms with E-state index in [1.807, 2.05) is 18.4 Å². The van der Waals surface area contributed by atoms with Crippen LogP contribution in [0.4, 0.5) is 0 Å². The first kappa shape index (κ1) is 17.5. The summed E-state index contributed by atoms with van der Waals surface area (Å²) in [7, 11) is -3.06. The molecular weight excluding hydrogens is 366 g/mol. The van der Waals surface area contributed by atoms with Crippen LogP contribution < -0.4 is 0 Å². The monoisotopic (exact) mass is 383 g/mol. The van der Waals surface area contributed by atoms with Crippen LogP contribution in [0.2, 0.25) is 5.02 Å². The second kappa shape index (κ2) is 6.86. The number of amides is 1. The molecule has 1 atom stereocenters. The van der Waals surface area contributed by atoms with E-state index < -0.39 is 9.84 Å². The van der Waals surface area contributed by atoms with E-state index in [0.717, 1.165) is 10.4 Å². The van der Waals surface area contributed by atoms with Crippen LogP contribution in [0.25, 0.3) is 0 Å². The quantitative estimate of drug-likeness (QED) is 0.811. The highest BCUT2D eigenvalue weighted by Crippen LogP contribution is 2.26. The van der Waals surface area contributed by atoms with Gasteiger partial charge in [0.15, 0.2) is 9.84 Å². The van der Waals surface area contributed by atoms with Crippen LogP contribution in [0.1, 0.15) is 27.2 Å². The van der Waals surface area contributed by atoms with Crippen LogP contribution in [-0.2, 0) is 16.4 Å². The predicted molar refractivity (Wildman–Crippen MR) is 97.4 cm³/mol. The topological polar surface area (TPSA) is 54.5 Å². The van der Waals surface area contributed by atoms with Crippen molar-refractivity contribution in [3.05, 3.63) is 56.7 Å². The van der Waals surface area contributed by atoms with Crippen molar-refractivity contribution >= 4 is 38.7 Å². The van der Waals surface area contributed by atoms with Gasteiger partial charge >= 0.3 is 0 Å². The molecule has 2 aromatic rings. The number of sulfone groups is 1. The standard InChI is InChI=1S/C17H18ClNO3S2/c1-12-6-8-23-16(12)10-19(15-7-9-24(21,22)11-15)17(20)13-2-4-14(18)5-3-13/h2-6,8,15H,7,9-11H2,1H3/t15-/m1/s1. The third kappa shape index (κ3) is 3.82. The van der Waals surface area contributed by atoms with E-state index in [4.69, 9.17) is 11.6 Å². The van der Waals surface area contributed by atoms with Gasteiger partial charge in [-0.1, -0.05) is 11.6 Å². The van der Waals surface area contributed by atoms with E-state index in [-0.39, 0.29) is 23.5 Å². The molecule has 0 aliphatic carbocycles. The van der Waals surface area contributed by atoms with E-state index in [2.05, 4.69) is 0 Å². The Bertz CT molecular complexity index is 843. The van der Waals surface area contributed by atoms with Crippen molar-refractivity contribution in [2.75, 3.05) is 11.5 Å². The molecule has 24 heavy (non-hydrogen) atoms. The molecule has 0 saturated carbocycles. The van der Waals surface area contributed by atoms with Crippen molar-refractivity contribution < 1.29 is 13.2 Å². The molecule has 1 aromatic carbocycles. The highest BCUT2D eigenvalue weighted by atomic mass is 35.5. The molecule has 1 saturated heterocycles. The van der Waals surface area contributed by atoms with Crippen molar-refractivity contribution in [1.82, 2.24) is 4.90 Å². The average molecular weight is 384 g/mol. The Kier molecular flexibility index (Phi) is 4.99. The molecule has 0 spiro atoms. The molecule has 128 valence electrons. The zero-order valence-corrected chi connectivity index (χ0v) is 15.6. The second-order valence-corrected chi connectivity index (χ2v) is 9.69. The molecular formula is C17H18ClNO3S2. The smallest absolute Gasteiger partial charge is 0.254 e.